The molecule has 0 unspecified atom stereocenters. The molecule has 0 spiro atoms. The standard InChI is InChI=1S/C10H15BrN2O/c1-13(2)3-4-14-10-6-8(11)5-9(12)7-10/h5-7H,3-4,12H2,1-2H3. The maximum absolute atomic E-state index is 5.67. The van der Waals surface area contributed by atoms with Crippen molar-refractivity contribution in [3.8, 4) is 5.75 Å². The number of halogens is 1. The second-order valence-electron chi connectivity index (χ2n) is 3.37. The van der Waals surface area contributed by atoms with Crippen LogP contribution in [0.3, 0.4) is 0 Å². The van der Waals surface area contributed by atoms with Crippen LogP contribution in [0.25, 0.3) is 0 Å². The molecule has 4 heteroatoms. The molecular formula is C10H15BrN2O. The van der Waals surface area contributed by atoms with Crippen molar-refractivity contribution in [1.29, 1.82) is 0 Å². The molecule has 0 amide bonds. The van der Waals surface area contributed by atoms with Gasteiger partial charge < -0.3 is 15.4 Å². The smallest absolute Gasteiger partial charge is 0.122 e. The summed E-state index contributed by atoms with van der Waals surface area (Å²) in [7, 11) is 4.03. The monoisotopic (exact) mass is 258 g/mol. The van der Waals surface area contributed by atoms with E-state index in [0.717, 1.165) is 16.8 Å². The summed E-state index contributed by atoms with van der Waals surface area (Å²) in [5.41, 5.74) is 6.38. The van der Waals surface area contributed by atoms with E-state index in [1.165, 1.54) is 0 Å². The lowest BCUT2D eigenvalue weighted by Crippen LogP contribution is -2.19. The summed E-state index contributed by atoms with van der Waals surface area (Å²) in [6.07, 6.45) is 0. The van der Waals surface area contributed by atoms with Gasteiger partial charge in [-0.25, -0.2) is 0 Å². The fourth-order valence-corrected chi connectivity index (χ4v) is 1.50. The Hall–Kier alpha value is -0.740. The number of hydrogen-bond acceptors (Lipinski definition) is 3. The van der Waals surface area contributed by atoms with E-state index in [9.17, 15) is 0 Å². The van der Waals surface area contributed by atoms with Crippen molar-refractivity contribution in [3.63, 3.8) is 0 Å². The molecule has 1 aromatic carbocycles. The zero-order valence-corrected chi connectivity index (χ0v) is 10.0. The predicted molar refractivity (Wildman–Crippen MR) is 62.6 cm³/mol. The van der Waals surface area contributed by atoms with E-state index in [1.807, 2.05) is 32.3 Å². The van der Waals surface area contributed by atoms with Gasteiger partial charge in [-0.15, -0.1) is 0 Å². The van der Waals surface area contributed by atoms with Crippen LogP contribution in [0, 0.1) is 0 Å². The third kappa shape index (κ3) is 3.98. The maximum atomic E-state index is 5.67. The third-order valence-electron chi connectivity index (χ3n) is 1.70. The van der Waals surface area contributed by atoms with Crippen LogP contribution >= 0.6 is 15.9 Å². The number of benzene rings is 1. The molecule has 0 atom stereocenters. The summed E-state index contributed by atoms with van der Waals surface area (Å²) in [4.78, 5) is 2.07. The first-order valence-electron chi connectivity index (χ1n) is 4.41. The Morgan fingerprint density at radius 2 is 2.07 bits per heavy atom. The largest absolute Gasteiger partial charge is 0.492 e. The number of rotatable bonds is 4. The summed E-state index contributed by atoms with van der Waals surface area (Å²) in [6, 6.07) is 5.57. The number of nitrogens with two attached hydrogens (primary N) is 1. The van der Waals surface area contributed by atoms with Crippen molar-refractivity contribution in [2.45, 2.75) is 0 Å². The van der Waals surface area contributed by atoms with E-state index in [2.05, 4.69) is 20.8 Å². The highest BCUT2D eigenvalue weighted by Crippen LogP contribution is 2.22. The molecule has 0 saturated heterocycles. The van der Waals surface area contributed by atoms with Crippen LogP contribution < -0.4 is 10.5 Å². The average Bonchev–Trinajstić information content (AvgIpc) is 2.01. The Morgan fingerprint density at radius 3 is 2.64 bits per heavy atom. The van der Waals surface area contributed by atoms with Gasteiger partial charge in [0, 0.05) is 22.8 Å². The first kappa shape index (κ1) is 11.3. The van der Waals surface area contributed by atoms with Crippen molar-refractivity contribution in [2.24, 2.45) is 0 Å². The Kier molecular flexibility index (Phi) is 4.22. The predicted octanol–water partition coefficient (Wildman–Crippen LogP) is 1.97. The summed E-state index contributed by atoms with van der Waals surface area (Å²) >= 11 is 3.36. The fourth-order valence-electron chi connectivity index (χ4n) is 1.01. The molecule has 0 aromatic heterocycles. The van der Waals surface area contributed by atoms with Gasteiger partial charge in [-0.1, -0.05) is 15.9 Å². The van der Waals surface area contributed by atoms with Crippen LogP contribution in [-0.2, 0) is 0 Å². The zero-order valence-electron chi connectivity index (χ0n) is 8.46. The molecule has 0 heterocycles. The van der Waals surface area contributed by atoms with E-state index in [1.54, 1.807) is 0 Å². The molecule has 0 aliphatic carbocycles. The molecule has 78 valence electrons. The van der Waals surface area contributed by atoms with Crippen LogP contribution in [-0.4, -0.2) is 32.1 Å². The van der Waals surface area contributed by atoms with Gasteiger partial charge in [0.25, 0.3) is 0 Å². The second-order valence-corrected chi connectivity index (χ2v) is 4.29. The lowest BCUT2D eigenvalue weighted by atomic mass is 10.3. The van der Waals surface area contributed by atoms with Crippen LogP contribution in [0.1, 0.15) is 0 Å². The summed E-state index contributed by atoms with van der Waals surface area (Å²) in [6.45, 7) is 1.56. The van der Waals surface area contributed by atoms with Crippen molar-refractivity contribution in [3.05, 3.63) is 22.7 Å². The van der Waals surface area contributed by atoms with Gasteiger partial charge in [-0.05, 0) is 26.2 Å². The molecule has 14 heavy (non-hydrogen) atoms. The number of nitrogens with zero attached hydrogens (tertiary/aromatic N) is 1. The third-order valence-corrected chi connectivity index (χ3v) is 2.16. The van der Waals surface area contributed by atoms with E-state index in [-0.39, 0.29) is 0 Å². The Bertz CT molecular complexity index is 282. The molecule has 0 radical (unpaired) electrons. The quantitative estimate of drug-likeness (QED) is 0.840. The van der Waals surface area contributed by atoms with E-state index < -0.39 is 0 Å². The highest BCUT2D eigenvalue weighted by atomic mass is 79.9. The van der Waals surface area contributed by atoms with Crippen molar-refractivity contribution in [2.75, 3.05) is 33.0 Å². The van der Waals surface area contributed by atoms with Crippen LogP contribution in [0.5, 0.6) is 5.75 Å². The first-order chi connectivity index (χ1) is 6.58. The van der Waals surface area contributed by atoms with Gasteiger partial charge in [-0.2, -0.15) is 0 Å². The number of likely N-dealkylation sites (N-methyl/N-ethyl adjacent to an activating group) is 1. The van der Waals surface area contributed by atoms with Crippen LogP contribution in [0.4, 0.5) is 5.69 Å². The fraction of sp³-hybridized carbons (Fsp3) is 0.400. The van der Waals surface area contributed by atoms with Gasteiger partial charge in [0.15, 0.2) is 0 Å². The number of nitrogen functional groups attached to an aromatic ring is 1. The number of anilines is 1. The topological polar surface area (TPSA) is 38.5 Å². The molecule has 3 nitrogen and oxygen atoms in total. The van der Waals surface area contributed by atoms with Crippen LogP contribution in [0.2, 0.25) is 0 Å². The minimum Gasteiger partial charge on any atom is -0.492 e. The minimum atomic E-state index is 0.670. The van der Waals surface area contributed by atoms with Gasteiger partial charge in [-0.3, -0.25) is 0 Å². The molecule has 2 N–H and O–H groups in total. The van der Waals surface area contributed by atoms with Gasteiger partial charge in [0.1, 0.15) is 12.4 Å². The van der Waals surface area contributed by atoms with Gasteiger partial charge in [0.05, 0.1) is 0 Å². The van der Waals surface area contributed by atoms with Crippen molar-refractivity contribution < 1.29 is 4.74 Å². The molecular weight excluding hydrogens is 244 g/mol. The lowest BCUT2D eigenvalue weighted by Gasteiger charge is -2.11. The first-order valence-corrected chi connectivity index (χ1v) is 5.21. The molecule has 0 aliphatic heterocycles. The van der Waals surface area contributed by atoms with E-state index in [4.69, 9.17) is 10.5 Å². The minimum absolute atomic E-state index is 0.670. The lowest BCUT2D eigenvalue weighted by molar-refractivity contribution is 0.261. The van der Waals surface area contributed by atoms with Crippen molar-refractivity contribution in [1.82, 2.24) is 4.90 Å². The van der Waals surface area contributed by atoms with Gasteiger partial charge in [0.2, 0.25) is 0 Å². The van der Waals surface area contributed by atoms with Crippen molar-refractivity contribution >= 4 is 21.6 Å². The Labute approximate surface area is 93.0 Å². The zero-order chi connectivity index (χ0) is 10.6. The van der Waals surface area contributed by atoms with Crippen LogP contribution in [0.15, 0.2) is 22.7 Å². The molecule has 0 aliphatic rings. The highest BCUT2D eigenvalue weighted by molar-refractivity contribution is 9.10. The van der Waals surface area contributed by atoms with E-state index in [0.29, 0.717) is 12.3 Å². The summed E-state index contributed by atoms with van der Waals surface area (Å²) in [5, 5.41) is 0. The van der Waals surface area contributed by atoms with E-state index >= 15 is 0 Å². The second kappa shape index (κ2) is 5.22. The molecule has 0 fully saturated rings. The normalized spacial score (nSPS) is 10.6. The number of ether oxygens (including phenoxy) is 1. The highest BCUT2D eigenvalue weighted by Gasteiger charge is 1.98. The molecule has 1 rings (SSSR count). The summed E-state index contributed by atoms with van der Waals surface area (Å²) in [5.74, 6) is 0.804. The summed E-state index contributed by atoms with van der Waals surface area (Å²) < 4.78 is 6.47. The molecule has 1 aromatic rings. The SMILES string of the molecule is CN(C)CCOc1cc(N)cc(Br)c1. The Morgan fingerprint density at radius 1 is 1.36 bits per heavy atom. The average molecular weight is 259 g/mol. The number of hydrogen-bond donors (Lipinski definition) is 1. The molecule has 0 saturated carbocycles. The Balaban J connectivity index is 2.50. The maximum Gasteiger partial charge on any atom is 0.122 e. The molecule has 0 bridgehead atoms. The van der Waals surface area contributed by atoms with Gasteiger partial charge >= 0.3 is 0 Å².